The molecule has 2 heteroatoms. The smallest absolute Gasteiger partial charge is 0.135 e. The van der Waals surface area contributed by atoms with Crippen molar-refractivity contribution in [2.24, 2.45) is 0 Å². The number of hydrogen-bond donors (Lipinski definition) is 0. The molecule has 1 aliphatic heterocycles. The summed E-state index contributed by atoms with van der Waals surface area (Å²) in [5.74, 6) is 0.301. The first-order valence-electron chi connectivity index (χ1n) is 5.50. The van der Waals surface area contributed by atoms with E-state index in [0.29, 0.717) is 18.6 Å². The quantitative estimate of drug-likeness (QED) is 0.689. The first kappa shape index (κ1) is 10.4. The van der Waals surface area contributed by atoms with Gasteiger partial charge in [0.15, 0.2) is 0 Å². The topological polar surface area (TPSA) is 29.6 Å². The minimum absolute atomic E-state index is 0.178. The lowest BCUT2D eigenvalue weighted by atomic mass is 10.1. The predicted octanol–water partition coefficient (Wildman–Crippen LogP) is 2.37. The van der Waals surface area contributed by atoms with E-state index >= 15 is 0 Å². The Morgan fingerprint density at radius 1 is 1.27 bits per heavy atom. The summed E-state index contributed by atoms with van der Waals surface area (Å²) in [5.41, 5.74) is 1.29. The number of ether oxygens (including phenoxy) is 1. The highest BCUT2D eigenvalue weighted by atomic mass is 16.6. The van der Waals surface area contributed by atoms with Crippen molar-refractivity contribution in [2.45, 2.75) is 38.4 Å². The van der Waals surface area contributed by atoms with Crippen LogP contribution < -0.4 is 0 Å². The van der Waals surface area contributed by atoms with Crippen LogP contribution in [0.15, 0.2) is 30.3 Å². The van der Waals surface area contributed by atoms with E-state index < -0.39 is 0 Å². The van der Waals surface area contributed by atoms with Crippen molar-refractivity contribution < 1.29 is 9.53 Å². The van der Waals surface area contributed by atoms with Crippen LogP contribution >= 0.6 is 0 Å². The van der Waals surface area contributed by atoms with Crippen molar-refractivity contribution in [3.8, 4) is 0 Å². The van der Waals surface area contributed by atoms with Crippen LogP contribution in [0.25, 0.3) is 0 Å². The van der Waals surface area contributed by atoms with Gasteiger partial charge in [0.05, 0.1) is 12.2 Å². The number of benzene rings is 1. The number of hydrogen-bond acceptors (Lipinski definition) is 2. The number of epoxide rings is 1. The highest BCUT2D eigenvalue weighted by Gasteiger charge is 2.39. The van der Waals surface area contributed by atoms with Gasteiger partial charge in [-0.2, -0.15) is 0 Å². The normalized spacial score (nSPS) is 23.8. The van der Waals surface area contributed by atoms with Gasteiger partial charge in [-0.05, 0) is 5.56 Å². The second kappa shape index (κ2) is 4.58. The molecule has 0 N–H and O–H groups in total. The maximum absolute atomic E-state index is 11.2. The van der Waals surface area contributed by atoms with Crippen LogP contribution in [0.1, 0.15) is 25.3 Å². The summed E-state index contributed by atoms with van der Waals surface area (Å²) in [7, 11) is 0. The van der Waals surface area contributed by atoms with Crippen LogP contribution in [-0.2, 0) is 16.0 Å². The molecule has 0 bridgehead atoms. The summed E-state index contributed by atoms with van der Waals surface area (Å²) in [5, 5.41) is 0. The van der Waals surface area contributed by atoms with Gasteiger partial charge in [0.25, 0.3) is 0 Å². The van der Waals surface area contributed by atoms with E-state index in [1.165, 1.54) is 5.56 Å². The summed E-state index contributed by atoms with van der Waals surface area (Å²) in [4.78, 5) is 11.2. The Hall–Kier alpha value is -1.15. The Morgan fingerprint density at radius 2 is 2.00 bits per heavy atom. The molecular formula is C13H16O2. The number of Topliss-reactive ketones (excluding diaryl/α,β-unsaturated/α-hetero) is 1. The average Bonchev–Trinajstić information content (AvgIpc) is 2.97. The molecule has 0 amide bonds. The van der Waals surface area contributed by atoms with E-state index in [1.807, 2.05) is 25.1 Å². The second-order valence-electron chi connectivity index (χ2n) is 4.00. The molecule has 1 aliphatic rings. The molecule has 1 saturated heterocycles. The predicted molar refractivity (Wildman–Crippen MR) is 58.7 cm³/mol. The van der Waals surface area contributed by atoms with Gasteiger partial charge in [0.2, 0.25) is 0 Å². The molecule has 0 radical (unpaired) electrons. The summed E-state index contributed by atoms with van der Waals surface area (Å²) >= 11 is 0. The van der Waals surface area contributed by atoms with Gasteiger partial charge in [0, 0.05) is 19.3 Å². The Balaban J connectivity index is 1.78. The minimum atomic E-state index is 0.178. The standard InChI is InChI=1S/C13H16O2/c1-2-11(14)9-13-12(15-13)8-10-6-4-3-5-7-10/h3-7,12-13H,2,8-9H2,1H3/t12-,13-/m1/s1. The van der Waals surface area contributed by atoms with Crippen LogP contribution in [0.5, 0.6) is 0 Å². The van der Waals surface area contributed by atoms with Crippen LogP contribution in [0.3, 0.4) is 0 Å². The van der Waals surface area contributed by atoms with Crippen LogP contribution in [-0.4, -0.2) is 18.0 Å². The highest BCUT2D eigenvalue weighted by Crippen LogP contribution is 2.29. The molecule has 0 saturated carbocycles. The maximum atomic E-state index is 11.2. The van der Waals surface area contributed by atoms with Gasteiger partial charge in [0.1, 0.15) is 5.78 Å². The summed E-state index contributed by atoms with van der Waals surface area (Å²) in [6.07, 6.45) is 2.59. The monoisotopic (exact) mass is 204 g/mol. The van der Waals surface area contributed by atoms with Gasteiger partial charge >= 0.3 is 0 Å². The van der Waals surface area contributed by atoms with Crippen LogP contribution in [0.2, 0.25) is 0 Å². The SMILES string of the molecule is CCC(=O)C[C@H]1O[C@@H]1Cc1ccccc1. The van der Waals surface area contributed by atoms with E-state index in [2.05, 4.69) is 12.1 Å². The molecule has 0 aromatic heterocycles. The molecule has 0 spiro atoms. The molecule has 1 aromatic rings. The average molecular weight is 204 g/mol. The molecule has 2 nitrogen and oxygen atoms in total. The zero-order chi connectivity index (χ0) is 10.7. The largest absolute Gasteiger partial charge is 0.369 e. The number of carbonyl (C=O) groups is 1. The van der Waals surface area contributed by atoms with Crippen molar-refractivity contribution in [1.29, 1.82) is 0 Å². The minimum Gasteiger partial charge on any atom is -0.369 e. The van der Waals surface area contributed by atoms with E-state index in [4.69, 9.17) is 4.74 Å². The number of ketones is 1. The van der Waals surface area contributed by atoms with Crippen molar-refractivity contribution >= 4 is 5.78 Å². The molecule has 2 rings (SSSR count). The van der Waals surface area contributed by atoms with Crippen LogP contribution in [0, 0.1) is 0 Å². The van der Waals surface area contributed by atoms with E-state index in [-0.39, 0.29) is 12.2 Å². The Kier molecular flexibility index (Phi) is 3.17. The molecule has 1 aromatic carbocycles. The molecule has 0 unspecified atom stereocenters. The summed E-state index contributed by atoms with van der Waals surface area (Å²) in [6, 6.07) is 10.3. The first-order chi connectivity index (χ1) is 7.29. The van der Waals surface area contributed by atoms with Gasteiger partial charge in [-0.15, -0.1) is 0 Å². The Bertz CT molecular complexity index is 332. The van der Waals surface area contributed by atoms with E-state index in [1.54, 1.807) is 0 Å². The summed E-state index contributed by atoms with van der Waals surface area (Å²) < 4.78 is 5.47. The molecule has 15 heavy (non-hydrogen) atoms. The maximum Gasteiger partial charge on any atom is 0.135 e. The van der Waals surface area contributed by atoms with Gasteiger partial charge < -0.3 is 4.74 Å². The van der Waals surface area contributed by atoms with Crippen molar-refractivity contribution in [3.05, 3.63) is 35.9 Å². The second-order valence-corrected chi connectivity index (χ2v) is 4.00. The molecule has 2 atom stereocenters. The molecule has 1 fully saturated rings. The first-order valence-corrected chi connectivity index (χ1v) is 5.50. The molecular weight excluding hydrogens is 188 g/mol. The number of carbonyl (C=O) groups excluding carboxylic acids is 1. The molecule has 0 aliphatic carbocycles. The molecule has 1 heterocycles. The fourth-order valence-corrected chi connectivity index (χ4v) is 1.75. The fraction of sp³-hybridized carbons (Fsp3) is 0.462. The highest BCUT2D eigenvalue weighted by molar-refractivity contribution is 5.78. The van der Waals surface area contributed by atoms with Crippen LogP contribution in [0.4, 0.5) is 0 Å². The summed E-state index contributed by atoms with van der Waals surface area (Å²) in [6.45, 7) is 1.90. The van der Waals surface area contributed by atoms with Gasteiger partial charge in [-0.1, -0.05) is 37.3 Å². The third kappa shape index (κ3) is 2.90. The third-order valence-corrected chi connectivity index (χ3v) is 2.79. The van der Waals surface area contributed by atoms with E-state index in [9.17, 15) is 4.79 Å². The Morgan fingerprint density at radius 3 is 2.67 bits per heavy atom. The van der Waals surface area contributed by atoms with Crippen molar-refractivity contribution in [3.63, 3.8) is 0 Å². The third-order valence-electron chi connectivity index (χ3n) is 2.79. The zero-order valence-electron chi connectivity index (χ0n) is 8.98. The van der Waals surface area contributed by atoms with E-state index in [0.717, 1.165) is 6.42 Å². The van der Waals surface area contributed by atoms with Gasteiger partial charge in [-0.25, -0.2) is 0 Å². The lowest BCUT2D eigenvalue weighted by Crippen LogP contribution is -2.04. The van der Waals surface area contributed by atoms with Crippen molar-refractivity contribution in [1.82, 2.24) is 0 Å². The van der Waals surface area contributed by atoms with Crippen molar-refractivity contribution in [2.75, 3.05) is 0 Å². The number of rotatable bonds is 5. The van der Waals surface area contributed by atoms with Gasteiger partial charge in [-0.3, -0.25) is 4.79 Å². The zero-order valence-corrected chi connectivity index (χ0v) is 8.98. The molecule has 80 valence electrons. The lowest BCUT2D eigenvalue weighted by Gasteiger charge is -1.96. The fourth-order valence-electron chi connectivity index (χ4n) is 1.75. The Labute approximate surface area is 90.3 Å². The lowest BCUT2D eigenvalue weighted by molar-refractivity contribution is -0.119.